The summed E-state index contributed by atoms with van der Waals surface area (Å²) in [6.07, 6.45) is 1.39. The predicted octanol–water partition coefficient (Wildman–Crippen LogP) is 3.31. The Bertz CT molecular complexity index is 1050. The van der Waals surface area contributed by atoms with Gasteiger partial charge in [-0.15, -0.1) is 0 Å². The second-order valence-electron chi connectivity index (χ2n) is 9.12. The molecule has 1 amide bonds. The molecule has 1 aliphatic heterocycles. The molecule has 1 aliphatic rings. The van der Waals surface area contributed by atoms with Crippen LogP contribution in [0.25, 0.3) is 0 Å². The minimum atomic E-state index is -0.844. The number of pyridine rings is 1. The van der Waals surface area contributed by atoms with E-state index in [4.69, 9.17) is 0 Å². The van der Waals surface area contributed by atoms with Gasteiger partial charge in [-0.3, -0.25) is 14.4 Å². The van der Waals surface area contributed by atoms with Crippen molar-refractivity contribution in [1.82, 2.24) is 9.47 Å². The van der Waals surface area contributed by atoms with Crippen molar-refractivity contribution in [3.63, 3.8) is 0 Å². The Kier molecular flexibility index (Phi) is 4.89. The lowest BCUT2D eigenvalue weighted by Crippen LogP contribution is -2.51. The molecule has 2 aromatic rings. The van der Waals surface area contributed by atoms with Crippen LogP contribution < -0.4 is 5.43 Å². The number of rotatable bonds is 3. The van der Waals surface area contributed by atoms with Crippen molar-refractivity contribution in [2.45, 2.75) is 46.7 Å². The van der Waals surface area contributed by atoms with Gasteiger partial charge in [-0.1, -0.05) is 32.9 Å². The summed E-state index contributed by atoms with van der Waals surface area (Å²) in [5.74, 6) is -2.00. The van der Waals surface area contributed by atoms with E-state index in [1.807, 2.05) is 13.8 Å². The van der Waals surface area contributed by atoms with Crippen LogP contribution in [0, 0.1) is 11.2 Å². The molecule has 6 nitrogen and oxygen atoms in total. The average Bonchev–Trinajstić information content (AvgIpc) is 2.62. The van der Waals surface area contributed by atoms with E-state index in [9.17, 15) is 23.9 Å². The monoisotopic (exact) mass is 400 g/mol. The molecule has 7 heteroatoms. The lowest BCUT2D eigenvalue weighted by Gasteiger charge is -2.41. The van der Waals surface area contributed by atoms with Crippen LogP contribution in [0.2, 0.25) is 0 Å². The van der Waals surface area contributed by atoms with Crippen LogP contribution in [0.5, 0.6) is 5.75 Å². The third-order valence-corrected chi connectivity index (χ3v) is 5.12. The number of aromatic nitrogens is 1. The Morgan fingerprint density at radius 2 is 1.76 bits per heavy atom. The molecule has 2 heterocycles. The van der Waals surface area contributed by atoms with Crippen molar-refractivity contribution in [2.24, 2.45) is 5.41 Å². The van der Waals surface area contributed by atoms with Gasteiger partial charge in [0.15, 0.2) is 17.2 Å². The molecule has 0 spiro atoms. The number of Topliss-reactive ketones (excluding diaryl/α,β-unsaturated/α-hetero) is 1. The van der Waals surface area contributed by atoms with Gasteiger partial charge in [-0.2, -0.15) is 0 Å². The Morgan fingerprint density at radius 3 is 2.31 bits per heavy atom. The first-order valence-electron chi connectivity index (χ1n) is 9.40. The summed E-state index contributed by atoms with van der Waals surface area (Å²) < 4.78 is 14.7. The van der Waals surface area contributed by atoms with E-state index in [1.165, 1.54) is 27.8 Å². The molecule has 0 fully saturated rings. The highest BCUT2D eigenvalue weighted by Gasteiger charge is 2.40. The third-order valence-electron chi connectivity index (χ3n) is 5.12. The molecule has 3 rings (SSSR count). The third kappa shape index (κ3) is 3.69. The fourth-order valence-electron chi connectivity index (χ4n) is 3.55. The van der Waals surface area contributed by atoms with Gasteiger partial charge in [0, 0.05) is 24.7 Å². The SMILES string of the molecule is CC(C)(C)C(=O)c1cn2c(c(O)c1=O)C(=O)N(Cc1ccc(F)cc1)CC2(C)C. The number of carbonyl (C=O) groups is 2. The van der Waals surface area contributed by atoms with Crippen LogP contribution in [0.1, 0.15) is 61.0 Å². The van der Waals surface area contributed by atoms with Crippen LogP contribution in [-0.2, 0) is 12.1 Å². The number of benzene rings is 1. The van der Waals surface area contributed by atoms with E-state index in [0.29, 0.717) is 6.54 Å². The maximum Gasteiger partial charge on any atom is 0.274 e. The smallest absolute Gasteiger partial charge is 0.274 e. The Hall–Kier alpha value is -2.96. The van der Waals surface area contributed by atoms with Gasteiger partial charge in [0.2, 0.25) is 5.43 Å². The van der Waals surface area contributed by atoms with Crippen LogP contribution in [0.3, 0.4) is 0 Å². The summed E-state index contributed by atoms with van der Waals surface area (Å²) in [4.78, 5) is 40.0. The average molecular weight is 400 g/mol. The quantitative estimate of drug-likeness (QED) is 0.802. The van der Waals surface area contributed by atoms with Crippen molar-refractivity contribution in [1.29, 1.82) is 0 Å². The van der Waals surface area contributed by atoms with E-state index < -0.39 is 33.8 Å². The Labute approximate surface area is 168 Å². The molecular weight excluding hydrogens is 375 g/mol. The molecule has 0 saturated carbocycles. The first kappa shape index (κ1) is 20.8. The van der Waals surface area contributed by atoms with Crippen molar-refractivity contribution in [3.05, 3.63) is 63.3 Å². The highest BCUT2D eigenvalue weighted by Crippen LogP contribution is 2.32. The zero-order valence-corrected chi connectivity index (χ0v) is 17.2. The largest absolute Gasteiger partial charge is 0.503 e. The summed E-state index contributed by atoms with van der Waals surface area (Å²) in [6.45, 7) is 9.29. The normalized spacial score (nSPS) is 15.9. The van der Waals surface area contributed by atoms with Crippen LogP contribution >= 0.6 is 0 Å². The molecule has 0 atom stereocenters. The molecule has 154 valence electrons. The van der Waals surface area contributed by atoms with E-state index in [-0.39, 0.29) is 23.6 Å². The predicted molar refractivity (Wildman–Crippen MR) is 107 cm³/mol. The standard InChI is InChI=1S/C22H25FN2O4/c1-21(2,3)19(28)15-11-25-16(18(27)17(15)26)20(29)24(12-22(25,4)5)10-13-6-8-14(23)9-7-13/h6-9,11,27H,10,12H2,1-5H3. The Morgan fingerprint density at radius 1 is 1.17 bits per heavy atom. The topological polar surface area (TPSA) is 79.6 Å². The molecular formula is C22H25FN2O4. The molecule has 0 unspecified atom stereocenters. The van der Waals surface area contributed by atoms with Crippen LogP contribution in [-0.4, -0.2) is 32.8 Å². The molecule has 0 bridgehead atoms. The van der Waals surface area contributed by atoms with E-state index in [0.717, 1.165) is 5.56 Å². The highest BCUT2D eigenvalue weighted by atomic mass is 19.1. The Balaban J connectivity index is 2.10. The second kappa shape index (κ2) is 6.83. The minimum Gasteiger partial charge on any atom is -0.503 e. The van der Waals surface area contributed by atoms with Gasteiger partial charge in [-0.25, -0.2) is 4.39 Å². The fourth-order valence-corrected chi connectivity index (χ4v) is 3.55. The molecule has 0 saturated heterocycles. The van der Waals surface area contributed by atoms with Gasteiger partial charge >= 0.3 is 0 Å². The van der Waals surface area contributed by atoms with Crippen LogP contribution in [0.15, 0.2) is 35.3 Å². The lowest BCUT2D eigenvalue weighted by atomic mass is 9.86. The molecule has 0 aliphatic carbocycles. The van der Waals surface area contributed by atoms with E-state index in [2.05, 4.69) is 0 Å². The summed E-state index contributed by atoms with van der Waals surface area (Å²) in [6, 6.07) is 5.80. The summed E-state index contributed by atoms with van der Waals surface area (Å²) in [5, 5.41) is 10.6. The van der Waals surface area contributed by atoms with Crippen molar-refractivity contribution in [3.8, 4) is 5.75 Å². The van der Waals surface area contributed by atoms with E-state index in [1.54, 1.807) is 32.9 Å². The summed E-state index contributed by atoms with van der Waals surface area (Å²) in [5.41, 5.74) is -1.88. The van der Waals surface area contributed by atoms with Crippen molar-refractivity contribution < 1.29 is 19.1 Å². The molecule has 1 N–H and O–H groups in total. The van der Waals surface area contributed by atoms with Crippen molar-refractivity contribution in [2.75, 3.05) is 6.54 Å². The van der Waals surface area contributed by atoms with Crippen LogP contribution in [0.4, 0.5) is 4.39 Å². The maximum absolute atomic E-state index is 13.2. The molecule has 1 aromatic heterocycles. The summed E-state index contributed by atoms with van der Waals surface area (Å²) >= 11 is 0. The molecule has 29 heavy (non-hydrogen) atoms. The lowest BCUT2D eigenvalue weighted by molar-refractivity contribution is 0.0564. The number of carbonyl (C=O) groups excluding carboxylic acids is 2. The van der Waals surface area contributed by atoms with Gasteiger partial charge in [0.05, 0.1) is 11.1 Å². The van der Waals surface area contributed by atoms with Gasteiger partial charge in [0.1, 0.15) is 5.82 Å². The number of nitrogens with zero attached hydrogens (tertiary/aromatic N) is 2. The number of hydrogen-bond donors (Lipinski definition) is 1. The second-order valence-corrected chi connectivity index (χ2v) is 9.12. The first-order valence-corrected chi connectivity index (χ1v) is 9.40. The van der Waals surface area contributed by atoms with Gasteiger partial charge < -0.3 is 14.6 Å². The zero-order valence-electron chi connectivity index (χ0n) is 17.2. The summed E-state index contributed by atoms with van der Waals surface area (Å²) in [7, 11) is 0. The molecule has 1 aromatic carbocycles. The zero-order chi connectivity index (χ0) is 21.7. The van der Waals surface area contributed by atoms with Crippen molar-refractivity contribution >= 4 is 11.7 Å². The molecule has 0 radical (unpaired) electrons. The first-order chi connectivity index (χ1) is 13.3. The maximum atomic E-state index is 13.2. The van der Waals surface area contributed by atoms with E-state index >= 15 is 0 Å². The number of aromatic hydroxyl groups is 1. The minimum absolute atomic E-state index is 0.133. The van der Waals surface area contributed by atoms with Gasteiger partial charge in [0.25, 0.3) is 5.91 Å². The fraction of sp³-hybridized carbons (Fsp3) is 0.409. The highest BCUT2D eigenvalue weighted by molar-refractivity contribution is 6.02. The number of ketones is 1. The number of fused-ring (bicyclic) bond motifs is 1. The number of amides is 1. The number of hydrogen-bond acceptors (Lipinski definition) is 4. The van der Waals surface area contributed by atoms with Gasteiger partial charge in [-0.05, 0) is 31.5 Å². The number of halogens is 1.